The molecule has 0 bridgehead atoms. The molecule has 0 N–H and O–H groups in total. The summed E-state index contributed by atoms with van der Waals surface area (Å²) in [4.78, 5) is 14.6. The van der Waals surface area contributed by atoms with Crippen LogP contribution >= 0.6 is 11.3 Å². The zero-order chi connectivity index (χ0) is 9.10. The fourth-order valence-corrected chi connectivity index (χ4v) is 1.65. The summed E-state index contributed by atoms with van der Waals surface area (Å²) in [7, 11) is 0. The first-order chi connectivity index (χ1) is 6.40. The van der Waals surface area contributed by atoms with Crippen molar-refractivity contribution < 1.29 is 4.79 Å². The summed E-state index contributed by atoms with van der Waals surface area (Å²) in [5, 5.41) is 1.98. The molecule has 2 aromatic rings. The molecular formula is C10H7NOS. The van der Waals surface area contributed by atoms with Gasteiger partial charge in [0, 0.05) is 16.5 Å². The van der Waals surface area contributed by atoms with Gasteiger partial charge in [0.05, 0.1) is 11.2 Å². The Hall–Kier alpha value is -1.48. The smallest absolute Gasteiger partial charge is 0.150 e. The van der Waals surface area contributed by atoms with Crippen molar-refractivity contribution in [1.82, 2.24) is 4.98 Å². The van der Waals surface area contributed by atoms with Crippen LogP contribution in [0.4, 0.5) is 0 Å². The first-order valence-corrected chi connectivity index (χ1v) is 4.78. The molecule has 0 aliphatic rings. The maximum Gasteiger partial charge on any atom is 0.150 e. The van der Waals surface area contributed by atoms with Gasteiger partial charge in [-0.25, -0.2) is 4.98 Å². The van der Waals surface area contributed by atoms with Crippen LogP contribution in [0.25, 0.3) is 11.3 Å². The fraction of sp³-hybridized carbons (Fsp3) is 0. The van der Waals surface area contributed by atoms with Crippen LogP contribution in [0.1, 0.15) is 10.4 Å². The lowest BCUT2D eigenvalue weighted by Crippen LogP contribution is -1.80. The summed E-state index contributed by atoms with van der Waals surface area (Å²) in [5.41, 5.74) is 4.50. The summed E-state index contributed by atoms with van der Waals surface area (Å²) in [6.07, 6.45) is 0.838. The van der Waals surface area contributed by atoms with E-state index in [1.807, 2.05) is 17.5 Å². The number of hydrogen-bond acceptors (Lipinski definition) is 3. The Bertz CT molecular complexity index is 391. The first-order valence-electron chi connectivity index (χ1n) is 3.84. The van der Waals surface area contributed by atoms with Crippen molar-refractivity contribution in [3.8, 4) is 11.3 Å². The Kier molecular flexibility index (Phi) is 2.19. The van der Waals surface area contributed by atoms with Gasteiger partial charge in [-0.1, -0.05) is 24.3 Å². The van der Waals surface area contributed by atoms with Gasteiger partial charge in [-0.3, -0.25) is 4.79 Å². The highest BCUT2D eigenvalue weighted by Gasteiger charge is 1.98. The van der Waals surface area contributed by atoms with Crippen LogP contribution in [0.3, 0.4) is 0 Å². The number of carbonyl (C=O) groups is 1. The number of rotatable bonds is 2. The molecule has 0 radical (unpaired) electrons. The second kappa shape index (κ2) is 3.49. The van der Waals surface area contributed by atoms with Crippen LogP contribution in [-0.4, -0.2) is 11.3 Å². The van der Waals surface area contributed by atoms with E-state index in [-0.39, 0.29) is 0 Å². The van der Waals surface area contributed by atoms with E-state index in [0.29, 0.717) is 5.56 Å². The third-order valence-corrected chi connectivity index (χ3v) is 2.36. The Balaban J connectivity index is 2.38. The van der Waals surface area contributed by atoms with Crippen LogP contribution in [0, 0.1) is 0 Å². The van der Waals surface area contributed by atoms with Crippen molar-refractivity contribution >= 4 is 17.6 Å². The van der Waals surface area contributed by atoms with E-state index in [0.717, 1.165) is 17.5 Å². The molecule has 13 heavy (non-hydrogen) atoms. The third kappa shape index (κ3) is 1.65. The van der Waals surface area contributed by atoms with Gasteiger partial charge in [0.1, 0.15) is 6.29 Å². The van der Waals surface area contributed by atoms with E-state index in [9.17, 15) is 4.79 Å². The zero-order valence-electron chi connectivity index (χ0n) is 6.81. The predicted molar refractivity (Wildman–Crippen MR) is 52.9 cm³/mol. The third-order valence-electron chi connectivity index (χ3n) is 1.77. The molecule has 0 aliphatic heterocycles. The number of aromatic nitrogens is 1. The van der Waals surface area contributed by atoms with E-state index in [4.69, 9.17) is 0 Å². The quantitative estimate of drug-likeness (QED) is 0.680. The van der Waals surface area contributed by atoms with Gasteiger partial charge in [-0.15, -0.1) is 11.3 Å². The lowest BCUT2D eigenvalue weighted by atomic mass is 10.1. The summed E-state index contributed by atoms with van der Waals surface area (Å²) in [6.45, 7) is 0. The standard InChI is InChI=1S/C10H7NOS/c12-5-8-1-3-9(4-2-8)10-6-13-7-11-10/h1-7H. The molecule has 0 atom stereocenters. The summed E-state index contributed by atoms with van der Waals surface area (Å²) in [6, 6.07) is 7.39. The predicted octanol–water partition coefficient (Wildman–Crippen LogP) is 2.62. The van der Waals surface area contributed by atoms with Crippen molar-refractivity contribution in [1.29, 1.82) is 0 Å². The molecule has 3 heteroatoms. The molecule has 0 spiro atoms. The number of thiazole rings is 1. The van der Waals surface area contributed by atoms with E-state index >= 15 is 0 Å². The number of carbonyl (C=O) groups excluding carboxylic acids is 1. The average Bonchev–Trinajstić information content (AvgIpc) is 2.71. The highest BCUT2D eigenvalue weighted by atomic mass is 32.1. The van der Waals surface area contributed by atoms with Crippen molar-refractivity contribution in [3.05, 3.63) is 40.7 Å². The summed E-state index contributed by atoms with van der Waals surface area (Å²) in [5.74, 6) is 0. The number of aldehydes is 1. The van der Waals surface area contributed by atoms with Gasteiger partial charge in [-0.2, -0.15) is 0 Å². The highest BCUT2D eigenvalue weighted by molar-refractivity contribution is 7.07. The Morgan fingerprint density at radius 3 is 2.54 bits per heavy atom. The van der Waals surface area contributed by atoms with E-state index in [2.05, 4.69) is 4.98 Å². The first kappa shape index (κ1) is 8.13. The van der Waals surface area contributed by atoms with Crippen LogP contribution in [0.5, 0.6) is 0 Å². The molecule has 0 fully saturated rings. The molecule has 1 aromatic heterocycles. The van der Waals surface area contributed by atoms with E-state index in [1.165, 1.54) is 0 Å². The Labute approximate surface area is 79.9 Å². The number of hydrogen-bond donors (Lipinski definition) is 0. The zero-order valence-corrected chi connectivity index (χ0v) is 7.62. The van der Waals surface area contributed by atoms with Crippen molar-refractivity contribution in [2.75, 3.05) is 0 Å². The molecule has 2 nitrogen and oxygen atoms in total. The second-order valence-electron chi connectivity index (χ2n) is 2.61. The molecular weight excluding hydrogens is 182 g/mol. The Morgan fingerprint density at radius 1 is 1.23 bits per heavy atom. The number of nitrogens with zero attached hydrogens (tertiary/aromatic N) is 1. The van der Waals surface area contributed by atoms with Crippen LogP contribution in [0.2, 0.25) is 0 Å². The maximum atomic E-state index is 10.4. The number of benzene rings is 1. The maximum absolute atomic E-state index is 10.4. The van der Waals surface area contributed by atoms with Gasteiger partial charge in [0.15, 0.2) is 0 Å². The van der Waals surface area contributed by atoms with Gasteiger partial charge in [-0.05, 0) is 0 Å². The minimum Gasteiger partial charge on any atom is -0.298 e. The van der Waals surface area contributed by atoms with E-state index < -0.39 is 0 Å². The monoisotopic (exact) mass is 189 g/mol. The second-order valence-corrected chi connectivity index (χ2v) is 3.33. The molecule has 0 unspecified atom stereocenters. The van der Waals surface area contributed by atoms with Gasteiger partial charge in [0.2, 0.25) is 0 Å². The minimum atomic E-state index is 0.693. The van der Waals surface area contributed by atoms with Gasteiger partial charge in [0.25, 0.3) is 0 Å². The molecule has 0 saturated heterocycles. The molecule has 64 valence electrons. The van der Waals surface area contributed by atoms with E-state index in [1.54, 1.807) is 29.0 Å². The van der Waals surface area contributed by atoms with Crippen LogP contribution in [0.15, 0.2) is 35.2 Å². The lowest BCUT2D eigenvalue weighted by Gasteiger charge is -1.95. The average molecular weight is 189 g/mol. The molecule has 0 aliphatic carbocycles. The SMILES string of the molecule is O=Cc1ccc(-c2cscn2)cc1. The highest BCUT2D eigenvalue weighted by Crippen LogP contribution is 2.18. The lowest BCUT2D eigenvalue weighted by molar-refractivity contribution is 0.112. The Morgan fingerprint density at radius 2 is 2.00 bits per heavy atom. The van der Waals surface area contributed by atoms with Crippen LogP contribution < -0.4 is 0 Å². The molecule has 0 saturated carbocycles. The van der Waals surface area contributed by atoms with Crippen molar-refractivity contribution in [2.45, 2.75) is 0 Å². The molecule has 1 heterocycles. The molecule has 1 aromatic carbocycles. The van der Waals surface area contributed by atoms with Gasteiger partial charge < -0.3 is 0 Å². The fourth-order valence-electron chi connectivity index (χ4n) is 1.09. The van der Waals surface area contributed by atoms with Crippen LogP contribution in [-0.2, 0) is 0 Å². The van der Waals surface area contributed by atoms with Crippen molar-refractivity contribution in [3.63, 3.8) is 0 Å². The summed E-state index contributed by atoms with van der Waals surface area (Å²) >= 11 is 1.56. The normalized spacial score (nSPS) is 9.85. The van der Waals surface area contributed by atoms with Crippen molar-refractivity contribution in [2.24, 2.45) is 0 Å². The largest absolute Gasteiger partial charge is 0.298 e. The minimum absolute atomic E-state index is 0.693. The van der Waals surface area contributed by atoms with Gasteiger partial charge >= 0.3 is 0 Å². The summed E-state index contributed by atoms with van der Waals surface area (Å²) < 4.78 is 0. The topological polar surface area (TPSA) is 30.0 Å². The molecule has 0 amide bonds. The molecule has 2 rings (SSSR count).